The van der Waals surface area contributed by atoms with Crippen LogP contribution in [0.15, 0.2) is 18.2 Å². The van der Waals surface area contributed by atoms with Gasteiger partial charge in [-0.25, -0.2) is 4.85 Å². The predicted octanol–water partition coefficient (Wildman–Crippen LogP) is 3.32. The Kier molecular flexibility index (Phi) is 4.05. The first-order valence-corrected chi connectivity index (χ1v) is 7.20. The third kappa shape index (κ3) is 3.07. The highest BCUT2D eigenvalue weighted by molar-refractivity contribution is 6.62. The van der Waals surface area contributed by atoms with Gasteiger partial charge in [0, 0.05) is 0 Å². The van der Waals surface area contributed by atoms with Gasteiger partial charge < -0.3 is 14.0 Å². The summed E-state index contributed by atoms with van der Waals surface area (Å²) in [6, 6.07) is 5.50. The smallest absolute Gasteiger partial charge is 0.493 e. The first kappa shape index (κ1) is 15.9. The molecule has 1 aliphatic heterocycles. The molecule has 0 bridgehead atoms. The molecule has 0 amide bonds. The van der Waals surface area contributed by atoms with Crippen LogP contribution >= 0.6 is 0 Å². The molecule has 1 saturated heterocycles. The first-order valence-electron chi connectivity index (χ1n) is 7.20. The van der Waals surface area contributed by atoms with Gasteiger partial charge in [-0.05, 0) is 53.1 Å². The Balaban J connectivity index is 2.29. The third-order valence-electron chi connectivity index (χ3n) is 3.99. The molecule has 1 aromatic rings. The van der Waals surface area contributed by atoms with Gasteiger partial charge in [0.25, 0.3) is 0 Å². The fraction of sp³-hybridized carbons (Fsp3) is 0.562. The summed E-state index contributed by atoms with van der Waals surface area (Å²) >= 11 is 0. The van der Waals surface area contributed by atoms with Gasteiger partial charge in [0.1, 0.15) is 5.75 Å². The summed E-state index contributed by atoms with van der Waals surface area (Å²) in [5, 5.41) is 0. The van der Waals surface area contributed by atoms with E-state index in [-0.39, 0.29) is 17.3 Å². The van der Waals surface area contributed by atoms with Crippen molar-refractivity contribution in [3.63, 3.8) is 0 Å². The van der Waals surface area contributed by atoms with Gasteiger partial charge >= 0.3 is 7.12 Å². The van der Waals surface area contributed by atoms with E-state index < -0.39 is 7.12 Å². The van der Waals surface area contributed by atoms with Crippen molar-refractivity contribution in [1.29, 1.82) is 0 Å². The van der Waals surface area contributed by atoms with Crippen molar-refractivity contribution in [2.45, 2.75) is 58.8 Å². The second-order valence-electron chi connectivity index (χ2n) is 6.59. The molecule has 21 heavy (non-hydrogen) atoms. The van der Waals surface area contributed by atoms with Crippen LogP contribution in [0.3, 0.4) is 0 Å². The van der Waals surface area contributed by atoms with Gasteiger partial charge in [-0.15, -0.1) is 0 Å². The summed E-state index contributed by atoms with van der Waals surface area (Å²) in [5.41, 5.74) is 0.554. The molecule has 4 nitrogen and oxygen atoms in total. The van der Waals surface area contributed by atoms with E-state index in [0.29, 0.717) is 11.4 Å². The molecular formula is C16H22BNO3. The molecule has 1 fully saturated rings. The van der Waals surface area contributed by atoms with E-state index in [4.69, 9.17) is 20.6 Å². The monoisotopic (exact) mass is 287 g/mol. The van der Waals surface area contributed by atoms with Gasteiger partial charge in [0.05, 0.1) is 23.9 Å². The number of nitrogens with zero attached hydrogens (tertiary/aromatic N) is 1. The number of hydrogen-bond acceptors (Lipinski definition) is 3. The lowest BCUT2D eigenvalue weighted by Gasteiger charge is -2.32. The number of rotatable bonds is 3. The Morgan fingerprint density at radius 1 is 1.14 bits per heavy atom. The summed E-state index contributed by atoms with van der Waals surface area (Å²) in [7, 11) is -0.455. The summed E-state index contributed by atoms with van der Waals surface area (Å²) in [6.07, 6.45) is 0.0354. The van der Waals surface area contributed by atoms with Crippen molar-refractivity contribution in [1.82, 2.24) is 0 Å². The highest BCUT2D eigenvalue weighted by Crippen LogP contribution is 2.37. The fourth-order valence-electron chi connectivity index (χ4n) is 2.10. The van der Waals surface area contributed by atoms with Crippen molar-refractivity contribution >= 4 is 18.3 Å². The molecule has 0 N–H and O–H groups in total. The van der Waals surface area contributed by atoms with Crippen LogP contribution in [0.4, 0.5) is 5.69 Å². The average molecular weight is 287 g/mol. The van der Waals surface area contributed by atoms with Crippen molar-refractivity contribution in [3.8, 4) is 5.75 Å². The van der Waals surface area contributed by atoms with Crippen LogP contribution in [-0.2, 0) is 9.31 Å². The SMILES string of the molecule is [C-]#[N+]c1cc(B2OC(C)(C)C(C)(C)O2)ccc1OC(C)C. The van der Waals surface area contributed by atoms with Crippen LogP contribution in [0, 0.1) is 6.57 Å². The van der Waals surface area contributed by atoms with Gasteiger partial charge in [0.15, 0.2) is 0 Å². The third-order valence-corrected chi connectivity index (χ3v) is 3.99. The highest BCUT2D eigenvalue weighted by atomic mass is 16.7. The Bertz CT molecular complexity index is 559. The van der Waals surface area contributed by atoms with Crippen molar-refractivity contribution < 1.29 is 14.0 Å². The molecule has 0 aliphatic carbocycles. The predicted molar refractivity (Wildman–Crippen MR) is 84.2 cm³/mol. The normalized spacial score (nSPS) is 19.6. The molecule has 1 heterocycles. The van der Waals surface area contributed by atoms with E-state index in [9.17, 15) is 0 Å². The molecule has 1 aliphatic rings. The molecule has 0 aromatic heterocycles. The number of hydrogen-bond donors (Lipinski definition) is 0. The lowest BCUT2D eigenvalue weighted by atomic mass is 9.79. The number of ether oxygens (including phenoxy) is 1. The van der Waals surface area contributed by atoms with E-state index in [1.165, 1.54) is 0 Å². The molecule has 112 valence electrons. The Morgan fingerprint density at radius 2 is 1.71 bits per heavy atom. The molecule has 0 radical (unpaired) electrons. The zero-order chi connectivity index (χ0) is 15.8. The lowest BCUT2D eigenvalue weighted by molar-refractivity contribution is 0.00578. The minimum atomic E-state index is -0.455. The largest absolute Gasteiger partial charge is 0.502 e. The summed E-state index contributed by atoms with van der Waals surface area (Å²) in [5.74, 6) is 0.597. The van der Waals surface area contributed by atoms with E-state index in [2.05, 4.69) is 4.85 Å². The summed E-state index contributed by atoms with van der Waals surface area (Å²) in [4.78, 5) is 3.54. The van der Waals surface area contributed by atoms with Crippen molar-refractivity contribution in [2.24, 2.45) is 0 Å². The van der Waals surface area contributed by atoms with Gasteiger partial charge in [-0.3, -0.25) is 0 Å². The van der Waals surface area contributed by atoms with Crippen LogP contribution in [0.5, 0.6) is 5.75 Å². The lowest BCUT2D eigenvalue weighted by Crippen LogP contribution is -2.41. The van der Waals surface area contributed by atoms with E-state index in [0.717, 1.165) is 5.46 Å². The second kappa shape index (κ2) is 5.36. The van der Waals surface area contributed by atoms with Crippen LogP contribution in [-0.4, -0.2) is 24.4 Å². The Labute approximate surface area is 127 Å². The molecule has 0 atom stereocenters. The van der Waals surface area contributed by atoms with Crippen LogP contribution < -0.4 is 10.2 Å². The first-order chi connectivity index (χ1) is 9.66. The summed E-state index contributed by atoms with van der Waals surface area (Å²) in [6.45, 7) is 19.2. The van der Waals surface area contributed by atoms with E-state index in [1.807, 2.05) is 53.7 Å². The Hall–Kier alpha value is -1.51. The topological polar surface area (TPSA) is 32.0 Å². The zero-order valence-corrected chi connectivity index (χ0v) is 13.6. The van der Waals surface area contributed by atoms with Gasteiger partial charge in [0.2, 0.25) is 5.69 Å². The zero-order valence-electron chi connectivity index (χ0n) is 13.6. The van der Waals surface area contributed by atoms with Gasteiger partial charge in [-0.1, -0.05) is 12.1 Å². The molecule has 2 rings (SSSR count). The molecule has 0 spiro atoms. The molecule has 0 saturated carbocycles. The summed E-state index contributed by atoms with van der Waals surface area (Å²) < 4.78 is 17.6. The molecular weight excluding hydrogens is 265 g/mol. The fourth-order valence-corrected chi connectivity index (χ4v) is 2.10. The second-order valence-corrected chi connectivity index (χ2v) is 6.59. The maximum absolute atomic E-state index is 7.32. The minimum absolute atomic E-state index is 0.0354. The standard InChI is InChI=1S/C16H22BNO3/c1-11(2)19-14-9-8-12(10-13(14)18-7)17-20-15(3,4)16(5,6)21-17/h8-11H,1-6H3. The number of benzene rings is 1. The van der Waals surface area contributed by atoms with Gasteiger partial charge in [-0.2, -0.15) is 0 Å². The van der Waals surface area contributed by atoms with E-state index >= 15 is 0 Å². The highest BCUT2D eigenvalue weighted by Gasteiger charge is 2.51. The minimum Gasteiger partial charge on any atom is -0.502 e. The van der Waals surface area contributed by atoms with E-state index in [1.54, 1.807) is 6.07 Å². The molecule has 0 unspecified atom stereocenters. The average Bonchev–Trinajstić information content (AvgIpc) is 2.58. The molecule has 5 heteroatoms. The Morgan fingerprint density at radius 3 is 2.19 bits per heavy atom. The maximum Gasteiger partial charge on any atom is 0.493 e. The van der Waals surface area contributed by atoms with Crippen molar-refractivity contribution in [2.75, 3.05) is 0 Å². The van der Waals surface area contributed by atoms with Crippen LogP contribution in [0.2, 0.25) is 0 Å². The molecule has 1 aromatic carbocycles. The van der Waals surface area contributed by atoms with Crippen LogP contribution in [0.1, 0.15) is 41.5 Å². The quantitative estimate of drug-likeness (QED) is 0.631. The van der Waals surface area contributed by atoms with Crippen LogP contribution in [0.25, 0.3) is 4.85 Å². The van der Waals surface area contributed by atoms with Crippen molar-refractivity contribution in [3.05, 3.63) is 29.6 Å². The maximum atomic E-state index is 7.32.